The number of hydrogen-bond acceptors (Lipinski definition) is 5. The van der Waals surface area contributed by atoms with Crippen molar-refractivity contribution in [2.45, 2.75) is 22.8 Å². The number of para-hydroxylation sites is 1. The summed E-state index contributed by atoms with van der Waals surface area (Å²) in [5.74, 6) is 0. The van der Waals surface area contributed by atoms with Crippen molar-refractivity contribution in [1.29, 1.82) is 0 Å². The van der Waals surface area contributed by atoms with E-state index in [2.05, 4.69) is 5.32 Å². The van der Waals surface area contributed by atoms with Crippen molar-refractivity contribution in [2.75, 3.05) is 6.54 Å². The summed E-state index contributed by atoms with van der Waals surface area (Å²) in [4.78, 5) is 10.2. The van der Waals surface area contributed by atoms with Crippen molar-refractivity contribution < 1.29 is 13.3 Å². The molecule has 0 aliphatic carbocycles. The highest BCUT2D eigenvalue weighted by Crippen LogP contribution is 2.30. The second-order valence-corrected chi connectivity index (χ2v) is 7.00. The molecule has 0 saturated carbocycles. The molecule has 1 heterocycles. The van der Waals surface area contributed by atoms with Gasteiger partial charge in [-0.2, -0.15) is 0 Å². The van der Waals surface area contributed by atoms with Gasteiger partial charge in [-0.05, 0) is 42.3 Å². The highest BCUT2D eigenvalue weighted by atomic mass is 32.2. The third-order valence-corrected chi connectivity index (χ3v) is 5.52. The zero-order valence-corrected chi connectivity index (χ0v) is 12.5. The maximum atomic E-state index is 12.7. The molecule has 22 heavy (non-hydrogen) atoms. The van der Waals surface area contributed by atoms with E-state index >= 15 is 0 Å². The summed E-state index contributed by atoms with van der Waals surface area (Å²) in [6.07, 6.45) is 0.746. The summed E-state index contributed by atoms with van der Waals surface area (Å²) in [5, 5.41) is 14.3. The van der Waals surface area contributed by atoms with Crippen molar-refractivity contribution >= 4 is 15.5 Å². The molecule has 1 aliphatic rings. The maximum Gasteiger partial charge on any atom is 0.288 e. The van der Waals surface area contributed by atoms with Gasteiger partial charge in [0.05, 0.1) is 9.82 Å². The molecule has 1 aliphatic heterocycles. The van der Waals surface area contributed by atoms with E-state index in [0.717, 1.165) is 24.1 Å². The summed E-state index contributed by atoms with van der Waals surface area (Å²) in [6.45, 7) is 1.50. The Morgan fingerprint density at radius 2 is 1.86 bits per heavy atom. The van der Waals surface area contributed by atoms with Gasteiger partial charge in [-0.25, -0.2) is 8.42 Å². The molecule has 2 aromatic rings. The van der Waals surface area contributed by atoms with E-state index in [0.29, 0.717) is 6.54 Å². The fourth-order valence-corrected chi connectivity index (χ4v) is 4.06. The number of nitro benzene ring substituents is 1. The van der Waals surface area contributed by atoms with E-state index < -0.39 is 20.4 Å². The zero-order chi connectivity index (χ0) is 15.7. The van der Waals surface area contributed by atoms with Crippen molar-refractivity contribution in [2.24, 2.45) is 0 Å². The summed E-state index contributed by atoms with van der Waals surface area (Å²) in [7, 11) is -3.91. The van der Waals surface area contributed by atoms with Crippen LogP contribution in [0.2, 0.25) is 0 Å². The summed E-state index contributed by atoms with van der Waals surface area (Å²) in [5.41, 5.74) is 1.63. The normalized spacial score (nSPS) is 14.4. The van der Waals surface area contributed by atoms with Gasteiger partial charge in [0, 0.05) is 12.6 Å². The summed E-state index contributed by atoms with van der Waals surface area (Å²) >= 11 is 0. The maximum absolute atomic E-state index is 12.7. The molecule has 0 atom stereocenters. The van der Waals surface area contributed by atoms with Gasteiger partial charge >= 0.3 is 0 Å². The molecule has 0 fully saturated rings. The summed E-state index contributed by atoms with van der Waals surface area (Å²) < 4.78 is 25.4. The Balaban J connectivity index is 2.13. The second kappa shape index (κ2) is 5.51. The minimum absolute atomic E-state index is 0.0995. The predicted octanol–water partition coefficient (Wildman–Crippen LogP) is 2.07. The van der Waals surface area contributed by atoms with Crippen LogP contribution in [0.25, 0.3) is 0 Å². The molecule has 0 unspecified atom stereocenters. The molecule has 7 heteroatoms. The molecule has 0 amide bonds. The standard InChI is InChI=1S/C15H14N2O4S/c18-17(19)14-3-1-2-4-15(14)22(20,21)13-6-5-12-10-16-8-7-11(12)9-13/h1-6,9,16H,7-8,10H2. The second-order valence-electron chi connectivity index (χ2n) is 5.09. The third kappa shape index (κ3) is 2.49. The topological polar surface area (TPSA) is 89.3 Å². The molecule has 0 spiro atoms. The van der Waals surface area contributed by atoms with Crippen LogP contribution in [-0.2, 0) is 22.8 Å². The van der Waals surface area contributed by atoms with Gasteiger partial charge in [0.2, 0.25) is 9.84 Å². The molecule has 0 aromatic heterocycles. The van der Waals surface area contributed by atoms with Gasteiger partial charge in [-0.1, -0.05) is 18.2 Å². The Labute approximate surface area is 127 Å². The Morgan fingerprint density at radius 3 is 2.64 bits per heavy atom. The van der Waals surface area contributed by atoms with Crippen LogP contribution in [0.15, 0.2) is 52.3 Å². The van der Waals surface area contributed by atoms with Gasteiger partial charge < -0.3 is 5.32 Å². The van der Waals surface area contributed by atoms with Crippen molar-refractivity contribution in [1.82, 2.24) is 5.32 Å². The molecule has 6 nitrogen and oxygen atoms in total. The monoisotopic (exact) mass is 318 g/mol. The number of hydrogen-bond donors (Lipinski definition) is 1. The lowest BCUT2D eigenvalue weighted by Crippen LogP contribution is -2.23. The number of nitrogens with zero attached hydrogens (tertiary/aromatic N) is 1. The van der Waals surface area contributed by atoms with Crippen LogP contribution in [0, 0.1) is 10.1 Å². The van der Waals surface area contributed by atoms with E-state index in [1.807, 2.05) is 0 Å². The van der Waals surface area contributed by atoms with Crippen LogP contribution in [0.3, 0.4) is 0 Å². The first kappa shape index (κ1) is 14.7. The number of nitro groups is 1. The average Bonchev–Trinajstić information content (AvgIpc) is 2.54. The molecular formula is C15H14N2O4S. The molecule has 1 N–H and O–H groups in total. The Hall–Kier alpha value is -2.25. The molecule has 0 saturated heterocycles. The predicted molar refractivity (Wildman–Crippen MR) is 80.4 cm³/mol. The number of fused-ring (bicyclic) bond motifs is 1. The number of sulfone groups is 1. The molecule has 0 bridgehead atoms. The first-order valence-electron chi connectivity index (χ1n) is 6.81. The molecule has 3 rings (SSSR count). The first-order valence-corrected chi connectivity index (χ1v) is 8.29. The quantitative estimate of drug-likeness (QED) is 0.691. The van der Waals surface area contributed by atoms with Crippen LogP contribution in [0.1, 0.15) is 11.1 Å². The van der Waals surface area contributed by atoms with Crippen LogP contribution < -0.4 is 5.32 Å². The SMILES string of the molecule is O=[N+]([O-])c1ccccc1S(=O)(=O)c1ccc2c(c1)CCNC2. The lowest BCUT2D eigenvalue weighted by Gasteiger charge is -2.17. The van der Waals surface area contributed by atoms with Gasteiger partial charge in [0.15, 0.2) is 0 Å². The van der Waals surface area contributed by atoms with Gasteiger partial charge in [0.1, 0.15) is 4.90 Å². The Bertz CT molecular complexity index is 846. The van der Waals surface area contributed by atoms with Crippen LogP contribution >= 0.6 is 0 Å². The van der Waals surface area contributed by atoms with Crippen LogP contribution in [0.4, 0.5) is 5.69 Å². The van der Waals surface area contributed by atoms with E-state index in [1.165, 1.54) is 30.3 Å². The van der Waals surface area contributed by atoms with E-state index in [4.69, 9.17) is 0 Å². The van der Waals surface area contributed by atoms with Gasteiger partial charge in [0.25, 0.3) is 5.69 Å². The minimum Gasteiger partial charge on any atom is -0.312 e. The molecular weight excluding hydrogens is 304 g/mol. The molecule has 114 valence electrons. The largest absolute Gasteiger partial charge is 0.312 e. The number of rotatable bonds is 3. The smallest absolute Gasteiger partial charge is 0.288 e. The first-order chi connectivity index (χ1) is 10.5. The highest BCUT2D eigenvalue weighted by molar-refractivity contribution is 7.91. The average molecular weight is 318 g/mol. The highest BCUT2D eigenvalue weighted by Gasteiger charge is 2.27. The fourth-order valence-electron chi connectivity index (χ4n) is 2.58. The van der Waals surface area contributed by atoms with Gasteiger partial charge in [-0.15, -0.1) is 0 Å². The van der Waals surface area contributed by atoms with Crippen molar-refractivity contribution in [3.63, 3.8) is 0 Å². The van der Waals surface area contributed by atoms with Crippen molar-refractivity contribution in [3.05, 3.63) is 63.7 Å². The fraction of sp³-hybridized carbons (Fsp3) is 0.200. The van der Waals surface area contributed by atoms with Crippen LogP contribution in [0.5, 0.6) is 0 Å². The number of benzene rings is 2. The van der Waals surface area contributed by atoms with E-state index in [1.54, 1.807) is 12.1 Å². The summed E-state index contributed by atoms with van der Waals surface area (Å²) in [6, 6.07) is 10.3. The van der Waals surface area contributed by atoms with Gasteiger partial charge in [-0.3, -0.25) is 10.1 Å². The lowest BCUT2D eigenvalue weighted by molar-refractivity contribution is -0.387. The van der Waals surface area contributed by atoms with Crippen LogP contribution in [-0.4, -0.2) is 19.9 Å². The number of nitrogens with one attached hydrogen (secondary N) is 1. The zero-order valence-electron chi connectivity index (χ0n) is 11.7. The van der Waals surface area contributed by atoms with E-state index in [9.17, 15) is 18.5 Å². The van der Waals surface area contributed by atoms with Crippen molar-refractivity contribution in [3.8, 4) is 0 Å². The minimum atomic E-state index is -3.91. The molecule has 2 aromatic carbocycles. The Kier molecular flexibility index (Phi) is 3.67. The lowest BCUT2D eigenvalue weighted by atomic mass is 10.0. The molecule has 0 radical (unpaired) electrons. The van der Waals surface area contributed by atoms with E-state index in [-0.39, 0.29) is 9.79 Å². The Morgan fingerprint density at radius 1 is 1.09 bits per heavy atom. The third-order valence-electron chi connectivity index (χ3n) is 3.73.